The Kier molecular flexibility index (Phi) is 3.73. The second-order valence-corrected chi connectivity index (χ2v) is 6.07. The van der Waals surface area contributed by atoms with Crippen molar-refractivity contribution >= 4 is 34.5 Å². The summed E-state index contributed by atoms with van der Waals surface area (Å²) in [4.78, 5) is 0. The van der Waals surface area contributed by atoms with Crippen LogP contribution in [-0.2, 0) is 0 Å². The van der Waals surface area contributed by atoms with Crippen LogP contribution < -0.4 is 5.73 Å². The first-order chi connectivity index (χ1) is 7.18. The van der Waals surface area contributed by atoms with E-state index in [0.717, 1.165) is 22.7 Å². The quantitative estimate of drug-likeness (QED) is 0.777. The first-order valence-electron chi connectivity index (χ1n) is 5.07. The van der Waals surface area contributed by atoms with Crippen molar-refractivity contribution in [1.29, 1.82) is 0 Å². The van der Waals surface area contributed by atoms with Crippen LogP contribution in [0.2, 0.25) is 8.67 Å². The summed E-state index contributed by atoms with van der Waals surface area (Å²) in [5.41, 5.74) is 8.45. The fraction of sp³-hybridized carbons (Fsp3) is 0.455. The molecule has 1 nitrogen and oxygen atoms in total. The number of hydrogen-bond donors (Lipinski definition) is 1. The van der Waals surface area contributed by atoms with Gasteiger partial charge in [0, 0.05) is 5.56 Å². The SMILES string of the molecule is NC(C1=CCCCC1)c1cc(Cl)sc1Cl. The predicted molar refractivity (Wildman–Crippen MR) is 67.8 cm³/mol. The van der Waals surface area contributed by atoms with Crippen LogP contribution in [0.1, 0.15) is 37.3 Å². The van der Waals surface area contributed by atoms with E-state index in [9.17, 15) is 0 Å². The number of rotatable bonds is 2. The Morgan fingerprint density at radius 1 is 1.33 bits per heavy atom. The zero-order chi connectivity index (χ0) is 10.8. The molecule has 0 saturated heterocycles. The highest BCUT2D eigenvalue weighted by molar-refractivity contribution is 7.20. The molecule has 0 spiro atoms. The molecule has 4 heteroatoms. The van der Waals surface area contributed by atoms with E-state index in [1.54, 1.807) is 0 Å². The van der Waals surface area contributed by atoms with Gasteiger partial charge in [-0.15, -0.1) is 11.3 Å². The summed E-state index contributed by atoms with van der Waals surface area (Å²) >= 11 is 13.4. The summed E-state index contributed by atoms with van der Waals surface area (Å²) < 4.78 is 1.43. The molecule has 82 valence electrons. The molecule has 0 aromatic carbocycles. The minimum Gasteiger partial charge on any atom is -0.320 e. The van der Waals surface area contributed by atoms with E-state index in [0.29, 0.717) is 4.34 Å². The van der Waals surface area contributed by atoms with Crippen molar-refractivity contribution in [3.8, 4) is 0 Å². The van der Waals surface area contributed by atoms with Crippen LogP contribution in [0.3, 0.4) is 0 Å². The number of nitrogens with two attached hydrogens (primary N) is 1. The second-order valence-electron chi connectivity index (χ2n) is 3.78. The molecule has 0 aliphatic heterocycles. The number of allylic oxidation sites excluding steroid dienone is 1. The monoisotopic (exact) mass is 261 g/mol. The van der Waals surface area contributed by atoms with Gasteiger partial charge >= 0.3 is 0 Å². The molecule has 1 aliphatic carbocycles. The Labute approximate surface area is 104 Å². The zero-order valence-electron chi connectivity index (χ0n) is 8.30. The van der Waals surface area contributed by atoms with Crippen LogP contribution in [0.25, 0.3) is 0 Å². The molecule has 0 fully saturated rings. The lowest BCUT2D eigenvalue weighted by molar-refractivity contribution is 0.649. The van der Waals surface area contributed by atoms with Gasteiger partial charge in [0.1, 0.15) is 0 Å². The first kappa shape index (κ1) is 11.5. The molecule has 1 aliphatic rings. The molecule has 0 radical (unpaired) electrons. The molecule has 1 atom stereocenters. The third-order valence-electron chi connectivity index (χ3n) is 2.74. The van der Waals surface area contributed by atoms with E-state index < -0.39 is 0 Å². The molecule has 15 heavy (non-hydrogen) atoms. The first-order valence-corrected chi connectivity index (χ1v) is 6.65. The van der Waals surface area contributed by atoms with Crippen LogP contribution in [-0.4, -0.2) is 0 Å². The van der Waals surface area contributed by atoms with Gasteiger partial charge in [-0.1, -0.05) is 34.9 Å². The van der Waals surface area contributed by atoms with E-state index >= 15 is 0 Å². The standard InChI is InChI=1S/C11H13Cl2NS/c12-9-6-8(11(13)15-9)10(14)7-4-2-1-3-5-7/h4,6,10H,1-3,5,14H2. The third kappa shape index (κ3) is 2.56. The summed E-state index contributed by atoms with van der Waals surface area (Å²) in [6.45, 7) is 0. The van der Waals surface area contributed by atoms with E-state index in [1.165, 1.54) is 29.8 Å². The summed E-state index contributed by atoms with van der Waals surface area (Å²) in [5.74, 6) is 0. The Morgan fingerprint density at radius 3 is 2.67 bits per heavy atom. The summed E-state index contributed by atoms with van der Waals surface area (Å²) in [5, 5.41) is 0. The third-order valence-corrected chi connectivity index (χ3v) is 4.26. The van der Waals surface area contributed by atoms with Crippen LogP contribution in [0.15, 0.2) is 17.7 Å². The van der Waals surface area contributed by atoms with Crippen molar-refractivity contribution in [2.75, 3.05) is 0 Å². The highest BCUT2D eigenvalue weighted by Gasteiger charge is 2.18. The Balaban J connectivity index is 2.23. The van der Waals surface area contributed by atoms with Crippen molar-refractivity contribution in [2.24, 2.45) is 5.73 Å². The predicted octanol–water partition coefficient (Wildman–Crippen LogP) is 4.56. The highest BCUT2D eigenvalue weighted by Crippen LogP contribution is 2.38. The smallest absolute Gasteiger partial charge is 0.0995 e. The molecule has 1 aromatic heterocycles. The lowest BCUT2D eigenvalue weighted by atomic mass is 9.91. The van der Waals surface area contributed by atoms with Gasteiger partial charge < -0.3 is 5.73 Å². The Morgan fingerprint density at radius 2 is 2.13 bits per heavy atom. The molecule has 2 rings (SSSR count). The lowest BCUT2D eigenvalue weighted by Crippen LogP contribution is -2.14. The molecule has 1 unspecified atom stereocenters. The average molecular weight is 262 g/mol. The van der Waals surface area contributed by atoms with Crippen molar-refractivity contribution in [3.05, 3.63) is 32.0 Å². The van der Waals surface area contributed by atoms with Crippen molar-refractivity contribution in [2.45, 2.75) is 31.7 Å². The number of hydrogen-bond acceptors (Lipinski definition) is 2. The zero-order valence-corrected chi connectivity index (χ0v) is 10.6. The fourth-order valence-electron chi connectivity index (χ4n) is 1.91. The fourth-order valence-corrected chi connectivity index (χ4v) is 3.46. The van der Waals surface area contributed by atoms with Crippen LogP contribution in [0.4, 0.5) is 0 Å². The molecule has 1 aromatic rings. The molecular formula is C11H13Cl2NS. The lowest BCUT2D eigenvalue weighted by Gasteiger charge is -2.19. The molecule has 0 amide bonds. The summed E-state index contributed by atoms with van der Waals surface area (Å²) in [6, 6.07) is 1.82. The maximum atomic E-state index is 6.18. The van der Waals surface area contributed by atoms with Crippen molar-refractivity contribution in [1.82, 2.24) is 0 Å². The molecule has 0 bridgehead atoms. The molecule has 0 saturated carbocycles. The van der Waals surface area contributed by atoms with Crippen LogP contribution in [0, 0.1) is 0 Å². The Hall–Kier alpha value is -0.0200. The molecule has 2 N–H and O–H groups in total. The topological polar surface area (TPSA) is 26.0 Å². The van der Waals surface area contributed by atoms with Gasteiger partial charge in [-0.25, -0.2) is 0 Å². The van der Waals surface area contributed by atoms with Crippen molar-refractivity contribution in [3.63, 3.8) is 0 Å². The van der Waals surface area contributed by atoms with Gasteiger partial charge in [-0.3, -0.25) is 0 Å². The second kappa shape index (κ2) is 4.88. The minimum atomic E-state index is -0.0680. The van der Waals surface area contributed by atoms with Gasteiger partial charge in [0.15, 0.2) is 0 Å². The van der Waals surface area contributed by atoms with Crippen LogP contribution in [0.5, 0.6) is 0 Å². The number of thiophene rings is 1. The molecular weight excluding hydrogens is 249 g/mol. The average Bonchev–Trinajstić information content (AvgIpc) is 2.58. The molecule has 1 heterocycles. The maximum absolute atomic E-state index is 6.18. The highest BCUT2D eigenvalue weighted by atomic mass is 35.5. The van der Waals surface area contributed by atoms with E-state index in [-0.39, 0.29) is 6.04 Å². The maximum Gasteiger partial charge on any atom is 0.0995 e. The van der Waals surface area contributed by atoms with Gasteiger partial charge in [0.05, 0.1) is 14.7 Å². The normalized spacial score (nSPS) is 18.7. The number of halogens is 2. The minimum absolute atomic E-state index is 0.0680. The van der Waals surface area contributed by atoms with Crippen molar-refractivity contribution < 1.29 is 0 Å². The van der Waals surface area contributed by atoms with Crippen LogP contribution >= 0.6 is 34.5 Å². The van der Waals surface area contributed by atoms with Gasteiger partial charge in [0.25, 0.3) is 0 Å². The van der Waals surface area contributed by atoms with E-state index in [2.05, 4.69) is 6.08 Å². The summed E-state index contributed by atoms with van der Waals surface area (Å²) in [6.07, 6.45) is 6.98. The van der Waals surface area contributed by atoms with Gasteiger partial charge in [-0.2, -0.15) is 0 Å². The van der Waals surface area contributed by atoms with Gasteiger partial charge in [0.2, 0.25) is 0 Å². The van der Waals surface area contributed by atoms with E-state index in [4.69, 9.17) is 28.9 Å². The largest absolute Gasteiger partial charge is 0.320 e. The van der Waals surface area contributed by atoms with E-state index in [1.807, 2.05) is 6.07 Å². The van der Waals surface area contributed by atoms with Gasteiger partial charge in [-0.05, 0) is 31.7 Å². The Bertz CT molecular complexity index is 384. The summed E-state index contributed by atoms with van der Waals surface area (Å²) in [7, 11) is 0.